The van der Waals surface area contributed by atoms with Gasteiger partial charge < -0.3 is 9.47 Å². The second-order valence-electron chi connectivity index (χ2n) is 6.90. The van der Waals surface area contributed by atoms with E-state index in [0.717, 1.165) is 0 Å². The van der Waals surface area contributed by atoms with Crippen LogP contribution in [0.1, 0.15) is 79.6 Å². The highest BCUT2D eigenvalue weighted by Gasteiger charge is 2.41. The van der Waals surface area contributed by atoms with E-state index in [1.165, 1.54) is 44.9 Å². The van der Waals surface area contributed by atoms with Crippen molar-refractivity contribution in [3.8, 4) is 0 Å². The lowest BCUT2D eigenvalue weighted by Crippen LogP contribution is -2.45. The van der Waals surface area contributed by atoms with E-state index in [9.17, 15) is 0 Å². The summed E-state index contributed by atoms with van der Waals surface area (Å²) in [5, 5.41) is 0. The Morgan fingerprint density at radius 2 is 1.26 bits per heavy atom. The molecule has 0 saturated carbocycles. The van der Waals surface area contributed by atoms with Crippen molar-refractivity contribution in [2.24, 2.45) is 11.3 Å². The van der Waals surface area contributed by atoms with Gasteiger partial charge in [0, 0.05) is 20.1 Å². The van der Waals surface area contributed by atoms with Gasteiger partial charge >= 0.3 is 0 Å². The van der Waals surface area contributed by atoms with Crippen LogP contribution in [0.5, 0.6) is 0 Å². The molecule has 116 valence electrons. The quantitative estimate of drug-likeness (QED) is 0.391. The largest absolute Gasteiger partial charge is 0.353 e. The third-order valence-corrected chi connectivity index (χ3v) is 4.34. The van der Waals surface area contributed by atoms with E-state index in [1.807, 2.05) is 0 Å². The van der Waals surface area contributed by atoms with E-state index in [-0.39, 0.29) is 5.41 Å². The average molecular weight is 272 g/mol. The predicted molar refractivity (Wildman–Crippen MR) is 83.4 cm³/mol. The summed E-state index contributed by atoms with van der Waals surface area (Å²) in [7, 11) is 3.51. The highest BCUT2D eigenvalue weighted by Crippen LogP contribution is 2.40. The van der Waals surface area contributed by atoms with Gasteiger partial charge in [0.1, 0.15) is 0 Å². The first-order chi connectivity index (χ1) is 8.81. The smallest absolute Gasteiger partial charge is 0.168 e. The lowest BCUT2D eigenvalue weighted by Gasteiger charge is -2.43. The Hall–Kier alpha value is -0.0800. The Labute approximate surface area is 121 Å². The van der Waals surface area contributed by atoms with Crippen LogP contribution >= 0.6 is 0 Å². The van der Waals surface area contributed by atoms with Gasteiger partial charge in [-0.05, 0) is 18.8 Å². The third-order valence-electron chi connectivity index (χ3n) is 4.34. The Balaban J connectivity index is 4.31. The molecule has 0 aliphatic heterocycles. The first kappa shape index (κ1) is 18.9. The maximum absolute atomic E-state index is 5.65. The van der Waals surface area contributed by atoms with Crippen LogP contribution in [0.25, 0.3) is 0 Å². The minimum Gasteiger partial charge on any atom is -0.353 e. The van der Waals surface area contributed by atoms with E-state index in [0.29, 0.717) is 5.92 Å². The van der Waals surface area contributed by atoms with Crippen LogP contribution in [0.3, 0.4) is 0 Å². The van der Waals surface area contributed by atoms with Gasteiger partial charge in [-0.25, -0.2) is 0 Å². The molecule has 0 aromatic heterocycles. The predicted octanol–water partition coefficient (Wildman–Crippen LogP) is 5.41. The van der Waals surface area contributed by atoms with Gasteiger partial charge in [-0.15, -0.1) is 0 Å². The second kappa shape index (κ2) is 8.97. The fourth-order valence-corrected chi connectivity index (χ4v) is 2.98. The highest BCUT2D eigenvalue weighted by atomic mass is 16.7. The van der Waals surface area contributed by atoms with E-state index in [1.54, 1.807) is 14.2 Å². The number of ether oxygens (including phenoxy) is 2. The number of hydrogen-bond donors (Lipinski definition) is 0. The van der Waals surface area contributed by atoms with Crippen molar-refractivity contribution < 1.29 is 9.47 Å². The third kappa shape index (κ3) is 6.76. The maximum atomic E-state index is 5.65. The fraction of sp³-hybridized carbons (Fsp3) is 1.00. The summed E-state index contributed by atoms with van der Waals surface area (Å²) in [6.07, 6.45) is 9.20. The topological polar surface area (TPSA) is 18.5 Å². The molecule has 0 rings (SSSR count). The molecule has 0 saturated heterocycles. The van der Waals surface area contributed by atoms with Crippen LogP contribution in [0, 0.1) is 11.3 Å². The highest BCUT2D eigenvalue weighted by molar-refractivity contribution is 4.84. The lowest BCUT2D eigenvalue weighted by molar-refractivity contribution is -0.247. The molecule has 0 fully saturated rings. The Kier molecular flexibility index (Phi) is 8.93. The van der Waals surface area contributed by atoms with Gasteiger partial charge in [0.05, 0.1) is 0 Å². The molecular weight excluding hydrogens is 236 g/mol. The molecular formula is C17H36O2. The number of hydrogen-bond acceptors (Lipinski definition) is 2. The van der Waals surface area contributed by atoms with Gasteiger partial charge in [-0.2, -0.15) is 0 Å². The van der Waals surface area contributed by atoms with Crippen molar-refractivity contribution in [1.82, 2.24) is 0 Å². The van der Waals surface area contributed by atoms with Crippen molar-refractivity contribution in [3.05, 3.63) is 0 Å². The zero-order valence-corrected chi connectivity index (χ0v) is 14.3. The first-order valence-electron chi connectivity index (χ1n) is 7.92. The van der Waals surface area contributed by atoms with Crippen LogP contribution in [0.15, 0.2) is 0 Å². The molecule has 1 atom stereocenters. The molecule has 1 unspecified atom stereocenters. The van der Waals surface area contributed by atoms with Crippen molar-refractivity contribution in [1.29, 1.82) is 0 Å². The first-order valence-corrected chi connectivity index (χ1v) is 7.92. The van der Waals surface area contributed by atoms with E-state index in [2.05, 4.69) is 34.6 Å². The molecule has 0 N–H and O–H groups in total. The number of unbranched alkanes of at least 4 members (excludes halogenated alkanes) is 5. The summed E-state index contributed by atoms with van der Waals surface area (Å²) in [5.74, 6) is -0.0528. The summed E-state index contributed by atoms with van der Waals surface area (Å²) in [6.45, 7) is 11.2. The Morgan fingerprint density at radius 1 is 0.789 bits per heavy atom. The van der Waals surface area contributed by atoms with E-state index >= 15 is 0 Å². The molecule has 0 radical (unpaired) electrons. The Morgan fingerprint density at radius 3 is 1.68 bits per heavy atom. The normalized spacial score (nSPS) is 14.7. The molecule has 0 aliphatic carbocycles. The summed E-state index contributed by atoms with van der Waals surface area (Å²) in [6, 6.07) is 0. The van der Waals surface area contributed by atoms with Gasteiger partial charge in [-0.3, -0.25) is 0 Å². The van der Waals surface area contributed by atoms with Crippen molar-refractivity contribution in [3.63, 3.8) is 0 Å². The monoisotopic (exact) mass is 272 g/mol. The summed E-state index contributed by atoms with van der Waals surface area (Å²) in [4.78, 5) is 0. The molecule has 0 heterocycles. The van der Waals surface area contributed by atoms with Crippen molar-refractivity contribution >= 4 is 0 Å². The van der Waals surface area contributed by atoms with E-state index < -0.39 is 5.79 Å². The molecule has 2 nitrogen and oxygen atoms in total. The Bertz CT molecular complexity index is 214. The molecule has 0 aromatic rings. The van der Waals surface area contributed by atoms with Gasteiger partial charge in [0.2, 0.25) is 0 Å². The van der Waals surface area contributed by atoms with Crippen LogP contribution in [0.2, 0.25) is 0 Å². The summed E-state index contributed by atoms with van der Waals surface area (Å²) >= 11 is 0. The molecule has 2 heteroatoms. The minimum absolute atomic E-state index is 0.199. The van der Waals surface area contributed by atoms with Crippen LogP contribution < -0.4 is 0 Å². The van der Waals surface area contributed by atoms with Gasteiger partial charge in [-0.1, -0.05) is 66.2 Å². The molecule has 0 spiro atoms. The molecule has 0 aromatic carbocycles. The standard InChI is InChI=1S/C17H36O2/c1-8-9-10-11-12-13-14-15(16(2,3)4)17(5,18-6)19-7/h15H,8-14H2,1-7H3. The maximum Gasteiger partial charge on any atom is 0.168 e. The molecule has 0 bridgehead atoms. The molecule has 0 amide bonds. The molecule has 19 heavy (non-hydrogen) atoms. The summed E-state index contributed by atoms with van der Waals surface area (Å²) in [5.41, 5.74) is 0.199. The van der Waals surface area contributed by atoms with Gasteiger partial charge in [0.15, 0.2) is 5.79 Å². The fourth-order valence-electron chi connectivity index (χ4n) is 2.98. The molecule has 0 aliphatic rings. The van der Waals surface area contributed by atoms with Crippen LogP contribution in [-0.4, -0.2) is 20.0 Å². The second-order valence-corrected chi connectivity index (χ2v) is 6.90. The average Bonchev–Trinajstić information content (AvgIpc) is 2.35. The number of methoxy groups -OCH3 is 2. The SMILES string of the molecule is CCCCCCCCC(C(C)(C)C)C(C)(OC)OC. The van der Waals surface area contributed by atoms with E-state index in [4.69, 9.17) is 9.47 Å². The van der Waals surface area contributed by atoms with Crippen LogP contribution in [0.4, 0.5) is 0 Å². The van der Waals surface area contributed by atoms with Crippen LogP contribution in [-0.2, 0) is 9.47 Å². The minimum atomic E-state index is -0.471. The number of rotatable bonds is 10. The van der Waals surface area contributed by atoms with Crippen molar-refractivity contribution in [2.45, 2.75) is 85.4 Å². The lowest BCUT2D eigenvalue weighted by atomic mass is 9.73. The van der Waals surface area contributed by atoms with Crippen molar-refractivity contribution in [2.75, 3.05) is 14.2 Å². The van der Waals surface area contributed by atoms with Gasteiger partial charge in [0.25, 0.3) is 0 Å². The summed E-state index contributed by atoms with van der Waals surface area (Å²) < 4.78 is 11.3. The zero-order chi connectivity index (χ0) is 14.9. The zero-order valence-electron chi connectivity index (χ0n) is 14.3.